The second-order valence-electron chi connectivity index (χ2n) is 6.95. The zero-order valence-electron chi connectivity index (χ0n) is 12.0. The van der Waals surface area contributed by atoms with Crippen molar-refractivity contribution in [2.75, 3.05) is 12.3 Å². The molecule has 1 aliphatic heterocycles. The molecule has 0 amide bonds. The van der Waals surface area contributed by atoms with Crippen molar-refractivity contribution < 1.29 is 0 Å². The van der Waals surface area contributed by atoms with Gasteiger partial charge in [0.15, 0.2) is 5.17 Å². The van der Waals surface area contributed by atoms with Gasteiger partial charge >= 0.3 is 0 Å². The molecule has 0 spiro atoms. The Morgan fingerprint density at radius 3 is 2.29 bits per heavy atom. The summed E-state index contributed by atoms with van der Waals surface area (Å²) in [5, 5.41) is 4.71. The minimum atomic E-state index is 0.456. The van der Waals surface area contributed by atoms with Gasteiger partial charge in [-0.25, -0.2) is 0 Å². The predicted octanol–water partition coefficient (Wildman–Crippen LogP) is 3.39. The van der Waals surface area contributed by atoms with E-state index < -0.39 is 0 Å². The van der Waals surface area contributed by atoms with Crippen molar-refractivity contribution in [2.24, 2.45) is 27.7 Å². The molecule has 0 aromatic carbocycles. The van der Waals surface area contributed by atoms with E-state index >= 15 is 0 Å². The molecule has 2 fully saturated rings. The Morgan fingerprint density at radius 1 is 1.29 bits per heavy atom. The molecule has 1 atom stereocenters. The Kier molecular flexibility index (Phi) is 3.26. The second-order valence-corrected chi connectivity index (χ2v) is 7.96. The van der Waals surface area contributed by atoms with E-state index in [1.54, 1.807) is 0 Å². The van der Waals surface area contributed by atoms with Gasteiger partial charge in [-0.15, -0.1) is 0 Å². The Morgan fingerprint density at radius 2 is 1.88 bits per heavy atom. The van der Waals surface area contributed by atoms with Gasteiger partial charge in [-0.1, -0.05) is 53.3 Å². The molecule has 98 valence electrons. The maximum Gasteiger partial charge on any atom is 0.156 e. The summed E-state index contributed by atoms with van der Waals surface area (Å²) in [6, 6.07) is 0.610. The number of rotatable bonds is 3. The van der Waals surface area contributed by atoms with Crippen LogP contribution in [-0.4, -0.2) is 23.5 Å². The summed E-state index contributed by atoms with van der Waals surface area (Å²) in [5.41, 5.74) is 0.912. The normalized spacial score (nSPS) is 33.1. The Balaban J connectivity index is 1.88. The van der Waals surface area contributed by atoms with E-state index in [0.717, 1.165) is 12.5 Å². The highest BCUT2D eigenvalue weighted by atomic mass is 32.2. The molecular weight excluding hydrogens is 228 g/mol. The zero-order valence-corrected chi connectivity index (χ0v) is 12.8. The van der Waals surface area contributed by atoms with Crippen LogP contribution in [0.1, 0.15) is 41.5 Å². The Hall–Kier alpha value is -0.180. The molecule has 0 unspecified atom stereocenters. The summed E-state index contributed by atoms with van der Waals surface area (Å²) in [5.74, 6) is 2.61. The molecular formula is C14H26N2S. The highest BCUT2D eigenvalue weighted by Crippen LogP contribution is 2.68. The summed E-state index contributed by atoms with van der Waals surface area (Å²) in [7, 11) is 0. The number of amidine groups is 1. The van der Waals surface area contributed by atoms with Crippen molar-refractivity contribution in [3.8, 4) is 0 Å². The third-order valence-corrected chi connectivity index (χ3v) is 6.30. The molecule has 0 aromatic heterocycles. The van der Waals surface area contributed by atoms with Crippen LogP contribution in [0, 0.1) is 22.7 Å². The Labute approximate surface area is 110 Å². The topological polar surface area (TPSA) is 24.4 Å². The van der Waals surface area contributed by atoms with Gasteiger partial charge in [0.1, 0.15) is 0 Å². The summed E-state index contributed by atoms with van der Waals surface area (Å²) in [6.07, 6.45) is 0. The minimum absolute atomic E-state index is 0.456. The van der Waals surface area contributed by atoms with Gasteiger partial charge in [0.2, 0.25) is 0 Å². The maximum absolute atomic E-state index is 4.78. The van der Waals surface area contributed by atoms with Crippen LogP contribution in [0.3, 0.4) is 0 Å². The number of thioether (sulfide) groups is 1. The van der Waals surface area contributed by atoms with Crippen LogP contribution in [0.25, 0.3) is 0 Å². The molecule has 1 saturated carbocycles. The molecule has 2 aliphatic rings. The quantitative estimate of drug-likeness (QED) is 0.835. The molecule has 1 aliphatic carbocycles. The van der Waals surface area contributed by atoms with Gasteiger partial charge in [0, 0.05) is 18.3 Å². The highest BCUT2D eigenvalue weighted by molar-refractivity contribution is 8.14. The van der Waals surface area contributed by atoms with E-state index in [2.05, 4.69) is 46.9 Å². The first kappa shape index (κ1) is 13.3. The second kappa shape index (κ2) is 4.18. The third kappa shape index (κ3) is 2.23. The first-order valence-electron chi connectivity index (χ1n) is 6.70. The lowest BCUT2D eigenvalue weighted by molar-refractivity contribution is 0.457. The molecule has 0 bridgehead atoms. The van der Waals surface area contributed by atoms with E-state index in [1.165, 1.54) is 10.9 Å². The van der Waals surface area contributed by atoms with Crippen LogP contribution in [0.15, 0.2) is 4.99 Å². The van der Waals surface area contributed by atoms with E-state index in [4.69, 9.17) is 4.99 Å². The number of hydrogen-bond donors (Lipinski definition) is 1. The van der Waals surface area contributed by atoms with Crippen LogP contribution >= 0.6 is 11.8 Å². The van der Waals surface area contributed by atoms with Crippen molar-refractivity contribution in [1.29, 1.82) is 0 Å². The monoisotopic (exact) mass is 254 g/mol. The van der Waals surface area contributed by atoms with Crippen molar-refractivity contribution >= 4 is 16.9 Å². The van der Waals surface area contributed by atoms with E-state index in [-0.39, 0.29) is 0 Å². The molecule has 1 N–H and O–H groups in total. The van der Waals surface area contributed by atoms with Crippen LogP contribution in [0.5, 0.6) is 0 Å². The predicted molar refractivity (Wildman–Crippen MR) is 77.6 cm³/mol. The number of hydrogen-bond acceptors (Lipinski definition) is 2. The lowest BCUT2D eigenvalue weighted by Gasteiger charge is -2.13. The largest absolute Gasteiger partial charge is 0.361 e. The molecule has 3 heteroatoms. The zero-order chi connectivity index (χ0) is 12.8. The van der Waals surface area contributed by atoms with Gasteiger partial charge in [0.25, 0.3) is 0 Å². The minimum Gasteiger partial charge on any atom is -0.361 e. The molecule has 0 aromatic rings. The fraction of sp³-hybridized carbons (Fsp3) is 0.929. The van der Waals surface area contributed by atoms with Crippen molar-refractivity contribution in [3.05, 3.63) is 0 Å². The fourth-order valence-electron chi connectivity index (χ4n) is 2.82. The maximum atomic E-state index is 4.78. The molecule has 2 rings (SSSR count). The van der Waals surface area contributed by atoms with Crippen molar-refractivity contribution in [2.45, 2.75) is 47.6 Å². The SMILES string of the molecule is CC(C)[C@H]1CSC(=NCC2C(C)(C)C2(C)C)N1. The van der Waals surface area contributed by atoms with Gasteiger partial charge in [0.05, 0.1) is 0 Å². The summed E-state index contributed by atoms with van der Waals surface area (Å²) >= 11 is 1.89. The number of aliphatic imine (C=N–C) groups is 1. The van der Waals surface area contributed by atoms with E-state index in [9.17, 15) is 0 Å². The molecule has 1 saturated heterocycles. The summed E-state index contributed by atoms with van der Waals surface area (Å²) in [6.45, 7) is 15.0. The summed E-state index contributed by atoms with van der Waals surface area (Å²) in [4.78, 5) is 4.78. The first-order valence-corrected chi connectivity index (χ1v) is 7.69. The standard InChI is InChI=1S/C14H26N2S/c1-9(2)10-8-17-12(16-10)15-7-11-13(3,4)14(11,5)6/h9-11H,7-8H2,1-6H3,(H,15,16)/t10-/m1/s1. The smallest absolute Gasteiger partial charge is 0.156 e. The van der Waals surface area contributed by atoms with Crippen LogP contribution in [0.4, 0.5) is 0 Å². The lowest BCUT2D eigenvalue weighted by atomic mass is 10.0. The summed E-state index contributed by atoms with van der Waals surface area (Å²) < 4.78 is 0. The van der Waals surface area contributed by atoms with Gasteiger partial charge in [-0.3, -0.25) is 4.99 Å². The Bertz CT molecular complexity index is 317. The molecule has 1 heterocycles. The third-order valence-electron chi connectivity index (χ3n) is 5.25. The number of nitrogens with zero attached hydrogens (tertiary/aromatic N) is 1. The van der Waals surface area contributed by atoms with Crippen LogP contribution in [0.2, 0.25) is 0 Å². The van der Waals surface area contributed by atoms with Crippen molar-refractivity contribution in [1.82, 2.24) is 5.32 Å². The van der Waals surface area contributed by atoms with E-state index in [1.807, 2.05) is 11.8 Å². The van der Waals surface area contributed by atoms with Gasteiger partial charge < -0.3 is 5.32 Å². The van der Waals surface area contributed by atoms with E-state index in [0.29, 0.717) is 22.8 Å². The molecule has 2 nitrogen and oxygen atoms in total. The molecule has 17 heavy (non-hydrogen) atoms. The van der Waals surface area contributed by atoms with Crippen LogP contribution < -0.4 is 5.32 Å². The fourth-order valence-corrected chi connectivity index (χ4v) is 4.03. The lowest BCUT2D eigenvalue weighted by Crippen LogP contribution is -2.31. The first-order chi connectivity index (χ1) is 7.76. The average Bonchev–Trinajstić information content (AvgIpc) is 2.58. The number of nitrogens with one attached hydrogen (secondary N) is 1. The van der Waals surface area contributed by atoms with Gasteiger partial charge in [-0.2, -0.15) is 0 Å². The van der Waals surface area contributed by atoms with Crippen molar-refractivity contribution in [3.63, 3.8) is 0 Å². The van der Waals surface area contributed by atoms with Crippen LogP contribution in [-0.2, 0) is 0 Å². The highest BCUT2D eigenvalue weighted by Gasteiger charge is 2.64. The molecule has 0 radical (unpaired) electrons. The average molecular weight is 254 g/mol. The van der Waals surface area contributed by atoms with Gasteiger partial charge in [-0.05, 0) is 22.7 Å².